The first kappa shape index (κ1) is 16.4. The zero-order valence-electron chi connectivity index (χ0n) is 11.4. The molecule has 1 aromatic rings. The number of carbonyl (C=O) groups is 1. The first-order chi connectivity index (χ1) is 9.11. The minimum atomic E-state index is -3.87. The molecule has 0 aromatic heterocycles. The molecule has 0 radical (unpaired) electrons. The first-order valence-corrected chi connectivity index (χ1v) is 7.68. The van der Waals surface area contributed by atoms with Gasteiger partial charge in [-0.1, -0.05) is 0 Å². The monoisotopic (exact) mass is 306 g/mol. The molecule has 0 unspecified atom stereocenters. The number of nitrogens with one attached hydrogen (secondary N) is 1. The molecule has 0 fully saturated rings. The SMILES string of the molecule is CC(C)NC(=O)CN(c1ccc(F)cc1F)S(C)(=O)=O. The van der Waals surface area contributed by atoms with E-state index < -0.39 is 34.1 Å². The maximum Gasteiger partial charge on any atom is 0.240 e. The lowest BCUT2D eigenvalue weighted by Crippen LogP contribution is -2.42. The second kappa shape index (κ2) is 6.17. The molecular weight excluding hydrogens is 290 g/mol. The third-order valence-electron chi connectivity index (χ3n) is 2.32. The quantitative estimate of drug-likeness (QED) is 0.890. The van der Waals surface area contributed by atoms with Crippen molar-refractivity contribution in [3.05, 3.63) is 29.8 Å². The molecule has 0 spiro atoms. The van der Waals surface area contributed by atoms with Crippen molar-refractivity contribution in [2.75, 3.05) is 17.1 Å². The Balaban J connectivity index is 3.11. The Bertz CT molecular complexity index is 603. The predicted molar refractivity (Wildman–Crippen MR) is 71.8 cm³/mol. The van der Waals surface area contributed by atoms with Crippen LogP contribution in [-0.2, 0) is 14.8 Å². The van der Waals surface area contributed by atoms with Crippen LogP contribution in [0.2, 0.25) is 0 Å². The fourth-order valence-electron chi connectivity index (χ4n) is 1.56. The van der Waals surface area contributed by atoms with Gasteiger partial charge in [-0.2, -0.15) is 0 Å². The molecule has 1 rings (SSSR count). The van der Waals surface area contributed by atoms with Gasteiger partial charge < -0.3 is 5.32 Å². The van der Waals surface area contributed by atoms with Gasteiger partial charge in [0.05, 0.1) is 11.9 Å². The normalized spacial score (nSPS) is 11.5. The van der Waals surface area contributed by atoms with Crippen LogP contribution in [0.1, 0.15) is 13.8 Å². The largest absolute Gasteiger partial charge is 0.352 e. The van der Waals surface area contributed by atoms with Gasteiger partial charge in [0.25, 0.3) is 0 Å². The molecule has 0 atom stereocenters. The van der Waals surface area contributed by atoms with E-state index in [9.17, 15) is 22.0 Å². The molecule has 0 aliphatic rings. The zero-order valence-corrected chi connectivity index (χ0v) is 12.2. The molecule has 0 saturated heterocycles. The highest BCUT2D eigenvalue weighted by molar-refractivity contribution is 7.92. The number of rotatable bonds is 5. The number of hydrogen-bond donors (Lipinski definition) is 1. The van der Waals surface area contributed by atoms with Crippen LogP contribution in [0.3, 0.4) is 0 Å². The van der Waals surface area contributed by atoms with Gasteiger partial charge in [0.1, 0.15) is 18.2 Å². The van der Waals surface area contributed by atoms with Crippen LogP contribution in [-0.4, -0.2) is 33.2 Å². The Kier molecular flexibility index (Phi) is 5.04. The van der Waals surface area contributed by atoms with Gasteiger partial charge in [0.15, 0.2) is 0 Å². The minimum absolute atomic E-state index is 0.179. The van der Waals surface area contributed by atoms with Gasteiger partial charge in [0, 0.05) is 12.1 Å². The highest BCUT2D eigenvalue weighted by Crippen LogP contribution is 2.22. The summed E-state index contributed by atoms with van der Waals surface area (Å²) in [6.07, 6.45) is 0.846. The zero-order chi connectivity index (χ0) is 15.5. The number of carbonyl (C=O) groups excluding carboxylic acids is 1. The Hall–Kier alpha value is -1.70. The van der Waals surface area contributed by atoms with E-state index in [0.717, 1.165) is 18.4 Å². The Labute approximate surface area is 116 Å². The van der Waals surface area contributed by atoms with Crippen molar-refractivity contribution in [3.8, 4) is 0 Å². The van der Waals surface area contributed by atoms with Crippen LogP contribution >= 0.6 is 0 Å². The third-order valence-corrected chi connectivity index (χ3v) is 3.44. The summed E-state index contributed by atoms with van der Waals surface area (Å²) in [6, 6.07) is 2.29. The highest BCUT2D eigenvalue weighted by atomic mass is 32.2. The Morgan fingerprint density at radius 1 is 1.35 bits per heavy atom. The molecule has 5 nitrogen and oxygen atoms in total. The van der Waals surface area contributed by atoms with Crippen LogP contribution in [0, 0.1) is 11.6 Å². The van der Waals surface area contributed by atoms with Gasteiger partial charge in [-0.25, -0.2) is 17.2 Å². The Morgan fingerprint density at radius 2 is 1.95 bits per heavy atom. The lowest BCUT2D eigenvalue weighted by atomic mass is 10.3. The van der Waals surface area contributed by atoms with Crippen molar-refractivity contribution in [1.29, 1.82) is 0 Å². The van der Waals surface area contributed by atoms with Crippen molar-refractivity contribution in [2.24, 2.45) is 0 Å². The number of benzene rings is 1. The molecule has 0 heterocycles. The molecule has 0 aliphatic heterocycles. The summed E-state index contributed by atoms with van der Waals surface area (Å²) in [6.45, 7) is 2.85. The van der Waals surface area contributed by atoms with E-state index in [2.05, 4.69) is 5.32 Å². The summed E-state index contributed by atoms with van der Waals surface area (Å²) in [4.78, 5) is 11.6. The van der Waals surface area contributed by atoms with E-state index in [1.807, 2.05) is 0 Å². The molecule has 1 amide bonds. The summed E-state index contributed by atoms with van der Waals surface area (Å²) < 4.78 is 50.5. The molecule has 8 heteroatoms. The standard InChI is InChI=1S/C12H16F2N2O3S/c1-8(2)15-12(17)7-16(20(3,18)19)11-5-4-9(13)6-10(11)14/h4-6,8H,7H2,1-3H3,(H,15,17). The van der Waals surface area contributed by atoms with E-state index >= 15 is 0 Å². The second-order valence-corrected chi connectivity index (χ2v) is 6.49. The molecule has 0 bridgehead atoms. The van der Waals surface area contributed by atoms with Crippen LogP contribution in [0.5, 0.6) is 0 Å². The van der Waals surface area contributed by atoms with Crippen molar-refractivity contribution in [3.63, 3.8) is 0 Å². The average molecular weight is 306 g/mol. The van der Waals surface area contributed by atoms with Crippen LogP contribution in [0.15, 0.2) is 18.2 Å². The molecule has 0 saturated carbocycles. The Morgan fingerprint density at radius 3 is 2.40 bits per heavy atom. The van der Waals surface area contributed by atoms with Crippen molar-refractivity contribution in [2.45, 2.75) is 19.9 Å². The summed E-state index contributed by atoms with van der Waals surface area (Å²) in [5, 5.41) is 2.50. The topological polar surface area (TPSA) is 66.5 Å². The van der Waals surface area contributed by atoms with Gasteiger partial charge in [-0.15, -0.1) is 0 Å². The smallest absolute Gasteiger partial charge is 0.240 e. The van der Waals surface area contributed by atoms with Crippen molar-refractivity contribution < 1.29 is 22.0 Å². The number of sulfonamides is 1. The van der Waals surface area contributed by atoms with E-state index in [0.29, 0.717) is 10.4 Å². The fraction of sp³-hybridized carbons (Fsp3) is 0.417. The summed E-state index contributed by atoms with van der Waals surface area (Å²) >= 11 is 0. The van der Waals surface area contributed by atoms with Gasteiger partial charge >= 0.3 is 0 Å². The lowest BCUT2D eigenvalue weighted by molar-refractivity contribution is -0.120. The van der Waals surface area contributed by atoms with Gasteiger partial charge in [-0.3, -0.25) is 9.10 Å². The number of amides is 1. The molecule has 20 heavy (non-hydrogen) atoms. The van der Waals surface area contributed by atoms with Crippen LogP contribution in [0.25, 0.3) is 0 Å². The van der Waals surface area contributed by atoms with Crippen LogP contribution in [0.4, 0.5) is 14.5 Å². The predicted octanol–water partition coefficient (Wildman–Crippen LogP) is 1.26. The van der Waals surface area contributed by atoms with Crippen molar-refractivity contribution in [1.82, 2.24) is 5.32 Å². The first-order valence-electron chi connectivity index (χ1n) is 5.83. The molecule has 112 valence electrons. The molecule has 1 N–H and O–H groups in total. The van der Waals surface area contributed by atoms with E-state index in [1.165, 1.54) is 0 Å². The maximum absolute atomic E-state index is 13.7. The van der Waals surface area contributed by atoms with Gasteiger partial charge in [-0.05, 0) is 26.0 Å². The van der Waals surface area contributed by atoms with E-state index in [1.54, 1.807) is 13.8 Å². The third kappa shape index (κ3) is 4.44. The summed E-state index contributed by atoms with van der Waals surface area (Å²) in [5.41, 5.74) is -0.368. The summed E-state index contributed by atoms with van der Waals surface area (Å²) in [5.74, 6) is -2.45. The fourth-order valence-corrected chi connectivity index (χ4v) is 2.42. The lowest BCUT2D eigenvalue weighted by Gasteiger charge is -2.22. The summed E-state index contributed by atoms with van der Waals surface area (Å²) in [7, 11) is -3.87. The minimum Gasteiger partial charge on any atom is -0.352 e. The number of anilines is 1. The second-order valence-electron chi connectivity index (χ2n) is 4.59. The number of hydrogen-bond acceptors (Lipinski definition) is 3. The van der Waals surface area contributed by atoms with E-state index in [4.69, 9.17) is 0 Å². The highest BCUT2D eigenvalue weighted by Gasteiger charge is 2.24. The molecule has 0 aliphatic carbocycles. The average Bonchev–Trinajstić information content (AvgIpc) is 2.24. The number of nitrogens with zero attached hydrogens (tertiary/aromatic N) is 1. The molecule has 1 aromatic carbocycles. The van der Waals surface area contributed by atoms with E-state index in [-0.39, 0.29) is 11.7 Å². The maximum atomic E-state index is 13.7. The number of halogens is 2. The molecular formula is C12H16F2N2O3S. The van der Waals surface area contributed by atoms with Crippen molar-refractivity contribution >= 4 is 21.6 Å². The van der Waals surface area contributed by atoms with Gasteiger partial charge in [0.2, 0.25) is 15.9 Å². The van der Waals surface area contributed by atoms with Crippen LogP contribution < -0.4 is 9.62 Å².